The summed E-state index contributed by atoms with van der Waals surface area (Å²) in [7, 11) is 0. The molecule has 5 heteroatoms. The predicted octanol–water partition coefficient (Wildman–Crippen LogP) is 1.50. The fourth-order valence-electron chi connectivity index (χ4n) is 1.94. The number of ether oxygens (including phenoxy) is 1. The van der Waals surface area contributed by atoms with Crippen LogP contribution in [0.2, 0.25) is 0 Å². The maximum absolute atomic E-state index is 12.0. The van der Waals surface area contributed by atoms with E-state index in [4.69, 9.17) is 4.74 Å². The van der Waals surface area contributed by atoms with Gasteiger partial charge in [0.25, 0.3) is 0 Å². The summed E-state index contributed by atoms with van der Waals surface area (Å²) in [5, 5.41) is 0. The van der Waals surface area contributed by atoms with Crippen molar-refractivity contribution in [2.24, 2.45) is 5.92 Å². The van der Waals surface area contributed by atoms with Crippen molar-refractivity contribution < 1.29 is 14.3 Å². The average molecular weight is 259 g/mol. The SMILES string of the molecule is CCCOC(=O)[C@@H]1CCCN1C(=O)[C@H](C)CS. The summed E-state index contributed by atoms with van der Waals surface area (Å²) in [5.74, 6) is 0.115. The molecule has 0 radical (unpaired) electrons. The van der Waals surface area contributed by atoms with E-state index in [1.54, 1.807) is 4.90 Å². The number of carbonyl (C=O) groups is 2. The fourth-order valence-corrected chi connectivity index (χ4v) is 2.09. The minimum Gasteiger partial charge on any atom is -0.464 e. The summed E-state index contributed by atoms with van der Waals surface area (Å²) in [5.41, 5.74) is 0. The lowest BCUT2D eigenvalue weighted by Gasteiger charge is -2.25. The van der Waals surface area contributed by atoms with Crippen molar-refractivity contribution in [3.8, 4) is 0 Å². The molecule has 1 amide bonds. The van der Waals surface area contributed by atoms with E-state index in [0.717, 1.165) is 12.8 Å². The predicted molar refractivity (Wildman–Crippen MR) is 69.0 cm³/mol. The van der Waals surface area contributed by atoms with Crippen LogP contribution in [0.5, 0.6) is 0 Å². The highest BCUT2D eigenvalue weighted by atomic mass is 32.1. The van der Waals surface area contributed by atoms with Crippen LogP contribution < -0.4 is 0 Å². The van der Waals surface area contributed by atoms with Gasteiger partial charge in [-0.05, 0) is 19.3 Å². The number of likely N-dealkylation sites (tertiary alicyclic amines) is 1. The molecule has 98 valence electrons. The van der Waals surface area contributed by atoms with Crippen LogP contribution in [0.25, 0.3) is 0 Å². The van der Waals surface area contributed by atoms with E-state index >= 15 is 0 Å². The summed E-state index contributed by atoms with van der Waals surface area (Å²) in [6.45, 7) is 4.87. The third-order valence-corrected chi connectivity index (χ3v) is 3.50. The molecule has 0 bridgehead atoms. The van der Waals surface area contributed by atoms with Gasteiger partial charge in [-0.25, -0.2) is 4.79 Å². The highest BCUT2D eigenvalue weighted by molar-refractivity contribution is 7.80. The molecule has 0 aliphatic carbocycles. The molecule has 0 aromatic rings. The molecule has 1 heterocycles. The minimum absolute atomic E-state index is 0.0101. The van der Waals surface area contributed by atoms with Crippen LogP contribution in [0.15, 0.2) is 0 Å². The third-order valence-electron chi connectivity index (χ3n) is 2.95. The third kappa shape index (κ3) is 3.63. The first-order valence-electron chi connectivity index (χ1n) is 6.19. The number of thiol groups is 1. The first-order valence-corrected chi connectivity index (χ1v) is 6.83. The van der Waals surface area contributed by atoms with Gasteiger partial charge in [0, 0.05) is 18.2 Å². The largest absolute Gasteiger partial charge is 0.464 e. The summed E-state index contributed by atoms with van der Waals surface area (Å²) in [4.78, 5) is 25.5. The van der Waals surface area contributed by atoms with Crippen LogP contribution in [-0.4, -0.2) is 41.7 Å². The van der Waals surface area contributed by atoms with E-state index < -0.39 is 0 Å². The fraction of sp³-hybridized carbons (Fsp3) is 0.833. The molecule has 0 aromatic heterocycles. The maximum atomic E-state index is 12.0. The number of hydrogen-bond donors (Lipinski definition) is 1. The van der Waals surface area contributed by atoms with E-state index in [2.05, 4.69) is 12.6 Å². The van der Waals surface area contributed by atoms with Crippen molar-refractivity contribution in [1.29, 1.82) is 0 Å². The first-order chi connectivity index (χ1) is 8.11. The second-order valence-electron chi connectivity index (χ2n) is 4.44. The summed E-state index contributed by atoms with van der Waals surface area (Å²) < 4.78 is 5.12. The Hall–Kier alpha value is -0.710. The molecular formula is C12H21NO3S. The van der Waals surface area contributed by atoms with E-state index in [1.807, 2.05) is 13.8 Å². The molecule has 0 spiro atoms. The van der Waals surface area contributed by atoms with Crippen molar-refractivity contribution >= 4 is 24.5 Å². The first kappa shape index (κ1) is 14.4. The zero-order valence-corrected chi connectivity index (χ0v) is 11.4. The van der Waals surface area contributed by atoms with Gasteiger partial charge in [0.2, 0.25) is 5.91 Å². The number of carbonyl (C=O) groups excluding carboxylic acids is 2. The molecule has 1 fully saturated rings. The molecule has 17 heavy (non-hydrogen) atoms. The van der Waals surface area contributed by atoms with Crippen LogP contribution >= 0.6 is 12.6 Å². The maximum Gasteiger partial charge on any atom is 0.328 e. The molecule has 1 aliphatic heterocycles. The zero-order valence-electron chi connectivity index (χ0n) is 10.5. The molecule has 0 saturated carbocycles. The Morgan fingerprint density at radius 3 is 2.82 bits per heavy atom. The van der Waals surface area contributed by atoms with Crippen LogP contribution in [0.3, 0.4) is 0 Å². The van der Waals surface area contributed by atoms with Gasteiger partial charge in [0.1, 0.15) is 6.04 Å². The summed E-state index contributed by atoms with van der Waals surface area (Å²) in [6.07, 6.45) is 2.39. The number of esters is 1. The van der Waals surface area contributed by atoms with E-state index in [9.17, 15) is 9.59 Å². The van der Waals surface area contributed by atoms with Crippen LogP contribution in [0, 0.1) is 5.92 Å². The highest BCUT2D eigenvalue weighted by Gasteiger charge is 2.36. The van der Waals surface area contributed by atoms with Gasteiger partial charge in [-0.3, -0.25) is 4.79 Å². The van der Waals surface area contributed by atoms with Gasteiger partial charge in [0.05, 0.1) is 6.61 Å². The highest BCUT2D eigenvalue weighted by Crippen LogP contribution is 2.21. The molecule has 0 N–H and O–H groups in total. The molecule has 2 atom stereocenters. The Balaban J connectivity index is 2.59. The van der Waals surface area contributed by atoms with E-state index in [1.165, 1.54) is 0 Å². The average Bonchev–Trinajstić information content (AvgIpc) is 2.83. The Bertz CT molecular complexity index is 283. The Morgan fingerprint density at radius 1 is 1.53 bits per heavy atom. The van der Waals surface area contributed by atoms with Crippen molar-refractivity contribution in [2.45, 2.75) is 39.2 Å². The molecule has 0 aromatic carbocycles. The molecule has 0 unspecified atom stereocenters. The van der Waals surface area contributed by atoms with Crippen LogP contribution in [0.4, 0.5) is 0 Å². The Morgan fingerprint density at radius 2 is 2.24 bits per heavy atom. The van der Waals surface area contributed by atoms with Gasteiger partial charge in [-0.1, -0.05) is 13.8 Å². The lowest BCUT2D eigenvalue weighted by atomic mass is 10.1. The number of nitrogens with zero attached hydrogens (tertiary/aromatic N) is 1. The van der Waals surface area contributed by atoms with Crippen LogP contribution in [0.1, 0.15) is 33.1 Å². The van der Waals surface area contributed by atoms with Crippen molar-refractivity contribution in [1.82, 2.24) is 4.90 Å². The van der Waals surface area contributed by atoms with Gasteiger partial charge in [-0.15, -0.1) is 0 Å². The Labute approximate surface area is 108 Å². The van der Waals surface area contributed by atoms with Crippen molar-refractivity contribution in [2.75, 3.05) is 18.9 Å². The topological polar surface area (TPSA) is 46.6 Å². The van der Waals surface area contributed by atoms with Gasteiger partial charge in [-0.2, -0.15) is 12.6 Å². The standard InChI is InChI=1S/C12H21NO3S/c1-3-7-16-12(15)10-5-4-6-13(10)11(14)9(2)8-17/h9-10,17H,3-8H2,1-2H3/t9-,10+/m1/s1. The lowest BCUT2D eigenvalue weighted by molar-refractivity contribution is -0.154. The second kappa shape index (κ2) is 6.89. The molecule has 1 aliphatic rings. The number of hydrogen-bond acceptors (Lipinski definition) is 4. The minimum atomic E-state index is -0.378. The molecule has 1 saturated heterocycles. The monoisotopic (exact) mass is 259 g/mol. The van der Waals surface area contributed by atoms with Crippen molar-refractivity contribution in [3.63, 3.8) is 0 Å². The number of amides is 1. The normalized spacial score (nSPS) is 21.4. The number of rotatable bonds is 5. The lowest BCUT2D eigenvalue weighted by Crippen LogP contribution is -2.44. The van der Waals surface area contributed by atoms with Gasteiger partial charge >= 0.3 is 5.97 Å². The second-order valence-corrected chi connectivity index (χ2v) is 4.81. The molecule has 1 rings (SSSR count). The van der Waals surface area contributed by atoms with Gasteiger partial charge < -0.3 is 9.64 Å². The summed E-state index contributed by atoms with van der Waals surface area (Å²) >= 11 is 4.12. The molecular weight excluding hydrogens is 238 g/mol. The zero-order chi connectivity index (χ0) is 12.8. The quantitative estimate of drug-likeness (QED) is 0.601. The van der Waals surface area contributed by atoms with Crippen LogP contribution in [-0.2, 0) is 14.3 Å². The summed E-state index contributed by atoms with van der Waals surface area (Å²) in [6, 6.07) is -0.378. The van der Waals surface area contributed by atoms with Crippen molar-refractivity contribution in [3.05, 3.63) is 0 Å². The molecule has 4 nitrogen and oxygen atoms in total. The van der Waals surface area contributed by atoms with E-state index in [0.29, 0.717) is 25.3 Å². The van der Waals surface area contributed by atoms with E-state index in [-0.39, 0.29) is 23.8 Å². The Kier molecular flexibility index (Phi) is 5.82. The smallest absolute Gasteiger partial charge is 0.328 e. The van der Waals surface area contributed by atoms with Gasteiger partial charge in [0.15, 0.2) is 0 Å².